The van der Waals surface area contributed by atoms with Gasteiger partial charge in [-0.25, -0.2) is 14.9 Å². The Morgan fingerprint density at radius 2 is 1.57 bits per heavy atom. The van der Waals surface area contributed by atoms with E-state index in [-0.39, 0.29) is 6.04 Å². The minimum Gasteiger partial charge on any atom is -0.464 e. The molecule has 6 aromatic rings. The van der Waals surface area contributed by atoms with E-state index < -0.39 is 6.29 Å². The van der Waals surface area contributed by atoms with Gasteiger partial charge in [0.1, 0.15) is 5.58 Å². The number of benzene rings is 4. The lowest BCUT2D eigenvalue weighted by atomic mass is 10.0. The van der Waals surface area contributed by atoms with Gasteiger partial charge in [-0.3, -0.25) is 0 Å². The van der Waals surface area contributed by atoms with Crippen LogP contribution in [0.15, 0.2) is 125 Å². The first-order valence-corrected chi connectivity index (χ1v) is 13.9. The lowest BCUT2D eigenvalue weighted by Crippen LogP contribution is -2.34. The molecule has 5 heterocycles. The van der Waals surface area contributed by atoms with E-state index in [0.717, 1.165) is 67.0 Å². The SMILES string of the molecule is CN1c2ccccc2N(C2=NC3C(c4ccccc4)=COC3O2)c2nc3c(-c4coc5ccccc45)cccc3cc21. The molecule has 4 aromatic carbocycles. The monoisotopic (exact) mass is 548 g/mol. The van der Waals surface area contributed by atoms with Crippen LogP contribution >= 0.6 is 0 Å². The van der Waals surface area contributed by atoms with E-state index in [9.17, 15) is 0 Å². The van der Waals surface area contributed by atoms with Crippen molar-refractivity contribution >= 4 is 56.3 Å². The maximum Gasteiger partial charge on any atom is 0.302 e. The Balaban J connectivity index is 1.24. The number of anilines is 4. The molecule has 0 N–H and O–H groups in total. The summed E-state index contributed by atoms with van der Waals surface area (Å²) in [5.74, 6) is 0.743. The Hall–Kier alpha value is -5.56. The quantitative estimate of drug-likeness (QED) is 0.218. The smallest absolute Gasteiger partial charge is 0.302 e. The molecule has 0 saturated carbocycles. The van der Waals surface area contributed by atoms with Crippen molar-refractivity contribution in [3.8, 4) is 11.1 Å². The van der Waals surface area contributed by atoms with Crippen LogP contribution in [0, 0.1) is 0 Å². The number of hydrogen-bond acceptors (Lipinski definition) is 7. The predicted molar refractivity (Wildman–Crippen MR) is 165 cm³/mol. The van der Waals surface area contributed by atoms with Crippen molar-refractivity contribution in [3.63, 3.8) is 0 Å². The van der Waals surface area contributed by atoms with Gasteiger partial charge >= 0.3 is 6.02 Å². The second-order valence-corrected chi connectivity index (χ2v) is 10.7. The fraction of sp³-hybridized carbons (Fsp3) is 0.0857. The van der Waals surface area contributed by atoms with E-state index in [1.165, 1.54) is 0 Å². The van der Waals surface area contributed by atoms with E-state index in [2.05, 4.69) is 66.5 Å². The van der Waals surface area contributed by atoms with Gasteiger partial charge < -0.3 is 18.8 Å². The summed E-state index contributed by atoms with van der Waals surface area (Å²) >= 11 is 0. The molecule has 0 amide bonds. The Kier molecular flexibility index (Phi) is 4.81. The highest BCUT2D eigenvalue weighted by Crippen LogP contribution is 2.49. The fourth-order valence-corrected chi connectivity index (χ4v) is 6.25. The predicted octanol–water partition coefficient (Wildman–Crippen LogP) is 8.02. The van der Waals surface area contributed by atoms with E-state index in [1.807, 2.05) is 59.7 Å². The zero-order chi connectivity index (χ0) is 27.8. The van der Waals surface area contributed by atoms with Gasteiger partial charge in [-0.2, -0.15) is 0 Å². The molecule has 7 heteroatoms. The van der Waals surface area contributed by atoms with E-state index in [4.69, 9.17) is 23.9 Å². The van der Waals surface area contributed by atoms with Gasteiger partial charge in [-0.15, -0.1) is 0 Å². The van der Waals surface area contributed by atoms with Gasteiger partial charge in [0.15, 0.2) is 11.9 Å². The molecule has 0 bridgehead atoms. The Morgan fingerprint density at radius 1 is 0.762 bits per heavy atom. The number of aromatic nitrogens is 1. The highest BCUT2D eigenvalue weighted by atomic mass is 16.7. The second-order valence-electron chi connectivity index (χ2n) is 10.7. The molecule has 0 radical (unpaired) electrons. The summed E-state index contributed by atoms with van der Waals surface area (Å²) in [4.78, 5) is 14.7. The summed E-state index contributed by atoms with van der Waals surface area (Å²) in [6, 6.07) is 35.2. The molecule has 0 spiro atoms. The molecule has 0 fully saturated rings. The molecule has 2 unspecified atom stereocenters. The average molecular weight is 549 g/mol. The second kappa shape index (κ2) is 8.72. The van der Waals surface area contributed by atoms with Crippen molar-refractivity contribution in [3.05, 3.63) is 121 Å². The van der Waals surface area contributed by atoms with E-state index in [0.29, 0.717) is 6.02 Å². The normalized spacial score (nSPS) is 18.7. The number of nitrogens with zero attached hydrogens (tertiary/aromatic N) is 4. The Morgan fingerprint density at radius 3 is 2.48 bits per heavy atom. The molecule has 2 aromatic heterocycles. The molecular weight excluding hydrogens is 524 g/mol. The lowest BCUT2D eigenvalue weighted by Gasteiger charge is -2.36. The highest BCUT2D eigenvalue weighted by molar-refractivity contribution is 6.12. The molecule has 0 aliphatic carbocycles. The fourth-order valence-electron chi connectivity index (χ4n) is 6.25. The summed E-state index contributed by atoms with van der Waals surface area (Å²) in [6.45, 7) is 0. The number of hydrogen-bond donors (Lipinski definition) is 0. The van der Waals surface area contributed by atoms with Crippen molar-refractivity contribution < 1.29 is 13.9 Å². The molecule has 202 valence electrons. The zero-order valence-corrected chi connectivity index (χ0v) is 22.6. The molecule has 7 nitrogen and oxygen atoms in total. The van der Waals surface area contributed by atoms with Gasteiger partial charge in [0.25, 0.3) is 6.29 Å². The third-order valence-electron chi connectivity index (χ3n) is 8.31. The van der Waals surface area contributed by atoms with Crippen molar-refractivity contribution in [2.45, 2.75) is 12.3 Å². The van der Waals surface area contributed by atoms with E-state index in [1.54, 1.807) is 6.26 Å². The van der Waals surface area contributed by atoms with Crippen LogP contribution in [0.3, 0.4) is 0 Å². The maximum absolute atomic E-state index is 6.43. The largest absolute Gasteiger partial charge is 0.464 e. The summed E-state index contributed by atoms with van der Waals surface area (Å²) in [7, 11) is 2.07. The third-order valence-corrected chi connectivity index (χ3v) is 8.31. The summed E-state index contributed by atoms with van der Waals surface area (Å²) < 4.78 is 18.3. The lowest BCUT2D eigenvalue weighted by molar-refractivity contribution is -0.0146. The minimum atomic E-state index is -0.529. The minimum absolute atomic E-state index is 0.272. The van der Waals surface area contributed by atoms with Gasteiger partial charge in [0, 0.05) is 34.5 Å². The molecule has 42 heavy (non-hydrogen) atoms. The van der Waals surface area contributed by atoms with Crippen LogP contribution < -0.4 is 9.80 Å². The van der Waals surface area contributed by atoms with Gasteiger partial charge in [-0.1, -0.05) is 78.9 Å². The Labute approximate surface area is 241 Å². The van der Waals surface area contributed by atoms with Crippen LogP contribution in [-0.2, 0) is 9.47 Å². The summed E-state index contributed by atoms with van der Waals surface area (Å²) in [5.41, 5.74) is 8.73. The number of pyridine rings is 1. The number of furan rings is 1. The number of fused-ring (bicyclic) bond motifs is 5. The van der Waals surface area contributed by atoms with Gasteiger partial charge in [-0.05, 0) is 29.8 Å². The van der Waals surface area contributed by atoms with Crippen LogP contribution in [0.2, 0.25) is 0 Å². The van der Waals surface area contributed by atoms with E-state index >= 15 is 0 Å². The third kappa shape index (κ3) is 3.28. The molecule has 2 atom stereocenters. The van der Waals surface area contributed by atoms with Crippen LogP contribution in [0.4, 0.5) is 22.9 Å². The topological polar surface area (TPSA) is 63.3 Å². The van der Waals surface area contributed by atoms with Crippen LogP contribution in [-0.4, -0.2) is 30.4 Å². The number of amidine groups is 1. The van der Waals surface area contributed by atoms with Crippen molar-refractivity contribution in [2.75, 3.05) is 16.8 Å². The van der Waals surface area contributed by atoms with Gasteiger partial charge in [0.05, 0.1) is 35.1 Å². The first kappa shape index (κ1) is 23.2. The van der Waals surface area contributed by atoms with Crippen molar-refractivity contribution in [2.24, 2.45) is 4.99 Å². The number of ether oxygens (including phenoxy) is 2. The van der Waals surface area contributed by atoms with Crippen LogP contribution in [0.1, 0.15) is 5.56 Å². The molecule has 9 rings (SSSR count). The highest BCUT2D eigenvalue weighted by Gasteiger charge is 2.44. The first-order valence-electron chi connectivity index (χ1n) is 13.9. The summed E-state index contributed by atoms with van der Waals surface area (Å²) in [6.07, 6.45) is 3.06. The first-order chi connectivity index (χ1) is 20.7. The molecule has 3 aliphatic heterocycles. The molecular formula is C35H24N4O3. The zero-order valence-electron chi connectivity index (χ0n) is 22.6. The molecule has 0 saturated heterocycles. The number of aliphatic imine (C=N–C) groups is 1. The molecule has 3 aliphatic rings. The number of rotatable bonds is 2. The van der Waals surface area contributed by atoms with Crippen LogP contribution in [0.25, 0.3) is 38.6 Å². The maximum atomic E-state index is 6.43. The standard InChI is InChI=1S/C35H24N4O3/c1-38-27-15-6-7-16-28(27)39(35-37-32-25(19-41-34(32)42-35)21-10-3-2-4-11-21)33-29(38)18-22-12-9-14-24(31(22)36-33)26-20-40-30-17-8-5-13-23(26)30/h2-20,32,34H,1H3. The average Bonchev–Trinajstić information content (AvgIpc) is 3.76. The van der Waals surface area contributed by atoms with Crippen LogP contribution in [0.5, 0.6) is 0 Å². The van der Waals surface area contributed by atoms with Crippen molar-refractivity contribution in [1.82, 2.24) is 4.98 Å². The van der Waals surface area contributed by atoms with Gasteiger partial charge in [0.2, 0.25) is 0 Å². The van der Waals surface area contributed by atoms with Crippen molar-refractivity contribution in [1.29, 1.82) is 0 Å². The Bertz CT molecular complexity index is 2100. The summed E-state index contributed by atoms with van der Waals surface area (Å²) in [5, 5.41) is 2.09. The number of para-hydroxylation sites is 4.